The SMILES string of the molecule is Cc1ccc2oc(-c3cccc(C(F)(F)F)c3)nc2c1. The highest BCUT2D eigenvalue weighted by molar-refractivity contribution is 5.76. The normalized spacial score (nSPS) is 12.0. The molecule has 0 unspecified atom stereocenters. The Morgan fingerprint density at radius 1 is 1.05 bits per heavy atom. The fourth-order valence-corrected chi connectivity index (χ4v) is 1.99. The van der Waals surface area contributed by atoms with E-state index in [0.717, 1.165) is 17.7 Å². The minimum Gasteiger partial charge on any atom is -0.436 e. The smallest absolute Gasteiger partial charge is 0.416 e. The van der Waals surface area contributed by atoms with Crippen LogP contribution in [0.1, 0.15) is 11.1 Å². The van der Waals surface area contributed by atoms with Gasteiger partial charge in [-0.25, -0.2) is 4.98 Å². The van der Waals surface area contributed by atoms with Crippen molar-refractivity contribution in [2.75, 3.05) is 0 Å². The Morgan fingerprint density at radius 3 is 2.60 bits per heavy atom. The number of rotatable bonds is 1. The molecule has 5 heteroatoms. The number of nitrogens with zero attached hydrogens (tertiary/aromatic N) is 1. The third-order valence-corrected chi connectivity index (χ3v) is 2.98. The predicted octanol–water partition coefficient (Wildman–Crippen LogP) is 4.82. The first-order chi connectivity index (χ1) is 9.43. The Morgan fingerprint density at radius 2 is 1.85 bits per heavy atom. The van der Waals surface area contributed by atoms with Gasteiger partial charge in [-0.1, -0.05) is 12.1 Å². The summed E-state index contributed by atoms with van der Waals surface area (Å²) < 4.78 is 43.6. The molecule has 0 saturated carbocycles. The molecular weight excluding hydrogens is 267 g/mol. The molecule has 3 rings (SSSR count). The number of hydrogen-bond donors (Lipinski definition) is 0. The van der Waals surface area contributed by atoms with Gasteiger partial charge in [-0.3, -0.25) is 0 Å². The molecule has 0 atom stereocenters. The molecule has 3 aromatic rings. The Balaban J connectivity index is 2.11. The Bertz CT molecular complexity index is 774. The maximum absolute atomic E-state index is 12.7. The first kappa shape index (κ1) is 12.7. The fraction of sp³-hybridized carbons (Fsp3) is 0.133. The van der Waals surface area contributed by atoms with Crippen LogP contribution in [-0.2, 0) is 6.18 Å². The van der Waals surface area contributed by atoms with E-state index in [4.69, 9.17) is 4.42 Å². The van der Waals surface area contributed by atoms with Crippen molar-refractivity contribution >= 4 is 11.1 Å². The van der Waals surface area contributed by atoms with Crippen LogP contribution in [0.4, 0.5) is 13.2 Å². The molecule has 0 amide bonds. The summed E-state index contributed by atoms with van der Waals surface area (Å²) in [5, 5.41) is 0. The second-order valence-corrected chi connectivity index (χ2v) is 4.57. The molecule has 2 aromatic carbocycles. The Labute approximate surface area is 112 Å². The average molecular weight is 277 g/mol. The minimum atomic E-state index is -4.38. The number of fused-ring (bicyclic) bond motifs is 1. The first-order valence-electron chi connectivity index (χ1n) is 5.98. The van der Waals surface area contributed by atoms with Crippen LogP contribution in [0.5, 0.6) is 0 Å². The van der Waals surface area contributed by atoms with Crippen molar-refractivity contribution in [3.8, 4) is 11.5 Å². The van der Waals surface area contributed by atoms with Crippen LogP contribution in [0.25, 0.3) is 22.6 Å². The van der Waals surface area contributed by atoms with E-state index in [1.54, 1.807) is 12.1 Å². The molecule has 0 saturated heterocycles. The van der Waals surface area contributed by atoms with Crippen LogP contribution in [0.15, 0.2) is 46.9 Å². The van der Waals surface area contributed by atoms with Crippen molar-refractivity contribution in [2.24, 2.45) is 0 Å². The van der Waals surface area contributed by atoms with Crippen LogP contribution in [0, 0.1) is 6.92 Å². The third kappa shape index (κ3) is 2.27. The number of hydrogen-bond acceptors (Lipinski definition) is 2. The zero-order chi connectivity index (χ0) is 14.3. The van der Waals surface area contributed by atoms with E-state index in [1.165, 1.54) is 6.07 Å². The van der Waals surface area contributed by atoms with Crippen LogP contribution in [0.2, 0.25) is 0 Å². The molecular formula is C15H10F3NO. The van der Waals surface area contributed by atoms with Gasteiger partial charge in [0.15, 0.2) is 5.58 Å². The molecule has 0 bridgehead atoms. The second-order valence-electron chi connectivity index (χ2n) is 4.57. The molecule has 1 aromatic heterocycles. The van der Waals surface area contributed by atoms with Gasteiger partial charge < -0.3 is 4.42 Å². The Kier molecular flexibility index (Phi) is 2.78. The van der Waals surface area contributed by atoms with E-state index in [1.807, 2.05) is 19.1 Å². The summed E-state index contributed by atoms with van der Waals surface area (Å²) in [4.78, 5) is 4.23. The summed E-state index contributed by atoms with van der Waals surface area (Å²) in [5.74, 6) is 0.191. The number of oxazole rings is 1. The van der Waals surface area contributed by atoms with Crippen molar-refractivity contribution in [3.05, 3.63) is 53.6 Å². The standard InChI is InChI=1S/C15H10F3NO/c1-9-5-6-13-12(7-9)19-14(20-13)10-3-2-4-11(8-10)15(16,17)18/h2-8H,1H3. The molecule has 0 fully saturated rings. The predicted molar refractivity (Wildman–Crippen MR) is 69.2 cm³/mol. The van der Waals surface area contributed by atoms with Crippen LogP contribution in [-0.4, -0.2) is 4.98 Å². The van der Waals surface area contributed by atoms with Gasteiger partial charge in [0.1, 0.15) is 5.52 Å². The summed E-state index contributed by atoms with van der Waals surface area (Å²) >= 11 is 0. The summed E-state index contributed by atoms with van der Waals surface area (Å²) in [6.45, 7) is 1.91. The van der Waals surface area contributed by atoms with Gasteiger partial charge in [-0.05, 0) is 42.8 Å². The Hall–Kier alpha value is -2.30. The van der Waals surface area contributed by atoms with Gasteiger partial charge in [-0.2, -0.15) is 13.2 Å². The number of benzene rings is 2. The van der Waals surface area contributed by atoms with E-state index in [0.29, 0.717) is 16.7 Å². The second kappa shape index (κ2) is 4.37. The van der Waals surface area contributed by atoms with Gasteiger partial charge in [0.2, 0.25) is 5.89 Å². The number of aromatic nitrogens is 1. The summed E-state index contributed by atoms with van der Waals surface area (Å²) in [6, 6.07) is 10.4. The summed E-state index contributed by atoms with van der Waals surface area (Å²) in [7, 11) is 0. The lowest BCUT2D eigenvalue weighted by molar-refractivity contribution is -0.137. The molecule has 20 heavy (non-hydrogen) atoms. The van der Waals surface area contributed by atoms with Crippen LogP contribution >= 0.6 is 0 Å². The topological polar surface area (TPSA) is 26.0 Å². The maximum Gasteiger partial charge on any atom is 0.416 e. The van der Waals surface area contributed by atoms with Crippen molar-refractivity contribution in [1.82, 2.24) is 4.98 Å². The van der Waals surface area contributed by atoms with E-state index in [9.17, 15) is 13.2 Å². The lowest BCUT2D eigenvalue weighted by Crippen LogP contribution is -2.04. The lowest BCUT2D eigenvalue weighted by Gasteiger charge is -2.06. The number of aryl methyl sites for hydroxylation is 1. The zero-order valence-electron chi connectivity index (χ0n) is 10.5. The van der Waals surface area contributed by atoms with E-state index < -0.39 is 11.7 Å². The zero-order valence-corrected chi connectivity index (χ0v) is 10.5. The van der Waals surface area contributed by atoms with Gasteiger partial charge in [0, 0.05) is 5.56 Å². The third-order valence-electron chi connectivity index (χ3n) is 2.98. The lowest BCUT2D eigenvalue weighted by atomic mass is 10.1. The summed E-state index contributed by atoms with van der Waals surface area (Å²) in [6.07, 6.45) is -4.38. The van der Waals surface area contributed by atoms with Gasteiger partial charge in [0.25, 0.3) is 0 Å². The van der Waals surface area contributed by atoms with Crippen molar-refractivity contribution in [2.45, 2.75) is 13.1 Å². The van der Waals surface area contributed by atoms with Gasteiger partial charge in [0.05, 0.1) is 5.56 Å². The molecule has 0 aliphatic carbocycles. The highest BCUT2D eigenvalue weighted by atomic mass is 19.4. The van der Waals surface area contributed by atoms with E-state index in [-0.39, 0.29) is 5.89 Å². The monoisotopic (exact) mass is 277 g/mol. The first-order valence-corrected chi connectivity index (χ1v) is 5.98. The van der Waals surface area contributed by atoms with Crippen molar-refractivity contribution in [1.29, 1.82) is 0 Å². The van der Waals surface area contributed by atoms with Crippen molar-refractivity contribution < 1.29 is 17.6 Å². The van der Waals surface area contributed by atoms with Crippen LogP contribution < -0.4 is 0 Å². The molecule has 0 spiro atoms. The number of halogens is 3. The molecule has 0 radical (unpaired) electrons. The van der Waals surface area contributed by atoms with Gasteiger partial charge in [-0.15, -0.1) is 0 Å². The molecule has 0 N–H and O–H groups in total. The fourth-order valence-electron chi connectivity index (χ4n) is 1.99. The maximum atomic E-state index is 12.7. The molecule has 0 aliphatic rings. The quantitative estimate of drug-likeness (QED) is 0.637. The molecule has 102 valence electrons. The number of alkyl halides is 3. The van der Waals surface area contributed by atoms with Crippen molar-refractivity contribution in [3.63, 3.8) is 0 Å². The highest BCUT2D eigenvalue weighted by Crippen LogP contribution is 2.32. The molecule has 1 heterocycles. The van der Waals surface area contributed by atoms with Gasteiger partial charge >= 0.3 is 6.18 Å². The summed E-state index contributed by atoms with van der Waals surface area (Å²) in [5.41, 5.74) is 1.81. The molecule has 0 aliphatic heterocycles. The average Bonchev–Trinajstić information content (AvgIpc) is 2.81. The largest absolute Gasteiger partial charge is 0.436 e. The minimum absolute atomic E-state index is 0.191. The molecule has 2 nitrogen and oxygen atoms in total. The van der Waals surface area contributed by atoms with Crippen LogP contribution in [0.3, 0.4) is 0 Å². The van der Waals surface area contributed by atoms with E-state index in [2.05, 4.69) is 4.98 Å². The highest BCUT2D eigenvalue weighted by Gasteiger charge is 2.30. The van der Waals surface area contributed by atoms with E-state index >= 15 is 0 Å².